The topological polar surface area (TPSA) is 156 Å². The van der Waals surface area contributed by atoms with Crippen LogP contribution in [-0.2, 0) is 44.4 Å². The standard InChI is InChI=1S/C34H57N5O9S2/c1-33(2,3)27-23-36-28(47-27)25-49-29-24-37-31(50-29)38-30(40)26-7-10-39(11-8-26)12-14-43-16-18-45-20-22-46-21-19-44-17-15-42-13-9-35-32(41)48-34(4,5)6/h23-24,26H,7-22,25H2,1-6H3,(H,35,41)(H,37,38,40). The van der Waals surface area contributed by atoms with Crippen molar-refractivity contribution in [1.82, 2.24) is 20.2 Å². The highest BCUT2D eigenvalue weighted by atomic mass is 32.2. The van der Waals surface area contributed by atoms with Gasteiger partial charge in [0.2, 0.25) is 11.8 Å². The van der Waals surface area contributed by atoms with E-state index in [1.165, 1.54) is 11.3 Å². The number of thioether (sulfide) groups is 1. The summed E-state index contributed by atoms with van der Waals surface area (Å²) in [6.45, 7) is 19.6. The van der Waals surface area contributed by atoms with Crippen LogP contribution in [0.3, 0.4) is 0 Å². The van der Waals surface area contributed by atoms with Gasteiger partial charge >= 0.3 is 6.09 Å². The van der Waals surface area contributed by atoms with E-state index in [0.29, 0.717) is 89.4 Å². The third kappa shape index (κ3) is 18.3. The van der Waals surface area contributed by atoms with E-state index in [1.807, 2.05) is 20.8 Å². The molecule has 0 atom stereocenters. The quantitative estimate of drug-likeness (QED) is 0.116. The van der Waals surface area contributed by atoms with Gasteiger partial charge in [0.1, 0.15) is 11.4 Å². The van der Waals surface area contributed by atoms with Crippen LogP contribution in [0.5, 0.6) is 0 Å². The minimum Gasteiger partial charge on any atom is -0.444 e. The van der Waals surface area contributed by atoms with Gasteiger partial charge in [0.25, 0.3) is 0 Å². The predicted molar refractivity (Wildman–Crippen MR) is 193 cm³/mol. The average molecular weight is 744 g/mol. The molecule has 2 aromatic heterocycles. The number of alkyl carbamates (subject to hydrolysis) is 1. The molecule has 0 radical (unpaired) electrons. The summed E-state index contributed by atoms with van der Waals surface area (Å²) in [5.74, 6) is 2.20. The van der Waals surface area contributed by atoms with Gasteiger partial charge in [-0.1, -0.05) is 32.1 Å². The van der Waals surface area contributed by atoms with E-state index in [-0.39, 0.29) is 17.2 Å². The fourth-order valence-corrected chi connectivity index (χ4v) is 6.31. The Bertz CT molecular complexity index is 1240. The molecule has 284 valence electrons. The van der Waals surface area contributed by atoms with E-state index >= 15 is 0 Å². The molecule has 0 bridgehead atoms. The van der Waals surface area contributed by atoms with Crippen LogP contribution >= 0.6 is 23.1 Å². The Kier molecular flexibility index (Phi) is 19.0. The second-order valence-electron chi connectivity index (χ2n) is 13.7. The summed E-state index contributed by atoms with van der Waals surface area (Å²) in [5, 5.41) is 6.27. The molecule has 0 aliphatic carbocycles. The largest absolute Gasteiger partial charge is 0.444 e. The molecule has 50 heavy (non-hydrogen) atoms. The molecule has 0 spiro atoms. The number of likely N-dealkylation sites (tertiary alicyclic amines) is 1. The monoisotopic (exact) mass is 743 g/mol. The van der Waals surface area contributed by atoms with Crippen molar-refractivity contribution in [2.75, 3.05) is 97.6 Å². The van der Waals surface area contributed by atoms with E-state index < -0.39 is 11.7 Å². The number of piperidine rings is 1. The highest BCUT2D eigenvalue weighted by Gasteiger charge is 2.26. The lowest BCUT2D eigenvalue weighted by Gasteiger charge is -2.30. The first-order chi connectivity index (χ1) is 23.9. The maximum absolute atomic E-state index is 12.9. The maximum atomic E-state index is 12.9. The van der Waals surface area contributed by atoms with Crippen molar-refractivity contribution in [3.63, 3.8) is 0 Å². The van der Waals surface area contributed by atoms with Crippen molar-refractivity contribution >= 4 is 40.2 Å². The normalized spacial score (nSPS) is 14.6. The Hall–Kier alpha value is -2.31. The van der Waals surface area contributed by atoms with Crippen molar-refractivity contribution in [3.05, 3.63) is 24.0 Å². The Balaban J connectivity index is 1.08. The SMILES string of the molecule is CC(C)(C)OC(=O)NCCOCCOCCOCCOCCOCCN1CCC(C(=O)Nc2ncc(SCc3ncc(C(C)(C)C)o3)s2)CC1. The van der Waals surface area contributed by atoms with Crippen LogP contribution in [0.25, 0.3) is 0 Å². The molecule has 14 nitrogen and oxygen atoms in total. The molecule has 2 aromatic rings. The number of nitrogens with zero attached hydrogens (tertiary/aromatic N) is 3. The number of hydrogen-bond donors (Lipinski definition) is 2. The van der Waals surface area contributed by atoms with Crippen molar-refractivity contribution in [2.24, 2.45) is 5.92 Å². The fourth-order valence-electron chi connectivity index (χ4n) is 4.58. The number of ether oxygens (including phenoxy) is 6. The van der Waals surface area contributed by atoms with Gasteiger partial charge in [-0.05, 0) is 46.7 Å². The summed E-state index contributed by atoms with van der Waals surface area (Å²) in [6, 6.07) is 0. The molecule has 16 heteroatoms. The van der Waals surface area contributed by atoms with E-state index in [4.69, 9.17) is 32.8 Å². The smallest absolute Gasteiger partial charge is 0.407 e. The predicted octanol–water partition coefficient (Wildman–Crippen LogP) is 4.98. The molecular weight excluding hydrogens is 687 g/mol. The van der Waals surface area contributed by atoms with Crippen LogP contribution in [0.4, 0.5) is 9.93 Å². The first-order valence-electron chi connectivity index (χ1n) is 17.3. The van der Waals surface area contributed by atoms with Crippen LogP contribution in [0.15, 0.2) is 21.0 Å². The lowest BCUT2D eigenvalue weighted by molar-refractivity contribution is -0.121. The average Bonchev–Trinajstić information content (AvgIpc) is 3.72. The minimum atomic E-state index is -0.514. The molecule has 1 fully saturated rings. The third-order valence-electron chi connectivity index (χ3n) is 7.26. The number of amides is 2. The highest BCUT2D eigenvalue weighted by molar-refractivity contribution is 8.00. The summed E-state index contributed by atoms with van der Waals surface area (Å²) in [5.41, 5.74) is -0.584. The van der Waals surface area contributed by atoms with Crippen molar-refractivity contribution in [2.45, 2.75) is 75.4 Å². The van der Waals surface area contributed by atoms with Crippen LogP contribution in [0.1, 0.15) is 66.0 Å². The number of carbonyl (C=O) groups excluding carboxylic acids is 2. The summed E-state index contributed by atoms with van der Waals surface area (Å²) >= 11 is 3.08. The molecular formula is C34H57N5O9S2. The summed E-state index contributed by atoms with van der Waals surface area (Å²) in [4.78, 5) is 35.5. The van der Waals surface area contributed by atoms with E-state index in [9.17, 15) is 9.59 Å². The maximum Gasteiger partial charge on any atom is 0.407 e. The summed E-state index contributed by atoms with van der Waals surface area (Å²) in [6.07, 6.45) is 4.76. The van der Waals surface area contributed by atoms with Gasteiger partial charge < -0.3 is 48.4 Å². The minimum absolute atomic E-state index is 0.0160. The van der Waals surface area contributed by atoms with E-state index in [0.717, 1.165) is 42.4 Å². The lowest BCUT2D eigenvalue weighted by atomic mass is 9.94. The number of anilines is 1. The van der Waals surface area contributed by atoms with Crippen molar-refractivity contribution in [1.29, 1.82) is 0 Å². The number of aromatic nitrogens is 2. The van der Waals surface area contributed by atoms with E-state index in [2.05, 4.69) is 46.3 Å². The van der Waals surface area contributed by atoms with Gasteiger partial charge in [-0.25, -0.2) is 14.8 Å². The van der Waals surface area contributed by atoms with Crippen LogP contribution in [-0.4, -0.2) is 125 Å². The highest BCUT2D eigenvalue weighted by Crippen LogP contribution is 2.32. The number of oxazole rings is 1. The molecule has 2 N–H and O–H groups in total. The number of hydrogen-bond acceptors (Lipinski definition) is 14. The third-order valence-corrected chi connectivity index (χ3v) is 9.35. The Morgan fingerprint density at radius 3 is 2.00 bits per heavy atom. The van der Waals surface area contributed by atoms with Gasteiger partial charge in [0.15, 0.2) is 5.13 Å². The second kappa shape index (κ2) is 22.6. The molecule has 0 saturated carbocycles. The summed E-state index contributed by atoms with van der Waals surface area (Å²) in [7, 11) is 0. The number of carbonyl (C=O) groups is 2. The van der Waals surface area contributed by atoms with Gasteiger partial charge in [-0.3, -0.25) is 4.79 Å². The van der Waals surface area contributed by atoms with E-state index in [1.54, 1.807) is 24.2 Å². The number of rotatable bonds is 23. The molecule has 0 aromatic carbocycles. The summed E-state index contributed by atoms with van der Waals surface area (Å²) < 4.78 is 39.7. The first kappa shape index (κ1) is 42.1. The fraction of sp³-hybridized carbons (Fsp3) is 0.765. The molecule has 1 aliphatic rings. The zero-order valence-corrected chi connectivity index (χ0v) is 32.2. The van der Waals surface area contributed by atoms with Crippen LogP contribution in [0, 0.1) is 5.92 Å². The van der Waals surface area contributed by atoms with Gasteiger partial charge in [-0.15, -0.1) is 11.8 Å². The molecule has 1 saturated heterocycles. The van der Waals surface area contributed by atoms with Gasteiger partial charge in [0.05, 0.1) is 88.4 Å². The second-order valence-corrected chi connectivity index (χ2v) is 16.0. The Labute approximate surface area is 305 Å². The molecule has 3 heterocycles. The van der Waals surface area contributed by atoms with Gasteiger partial charge in [-0.2, -0.15) is 0 Å². The van der Waals surface area contributed by atoms with Crippen LogP contribution in [0.2, 0.25) is 0 Å². The van der Waals surface area contributed by atoms with Crippen molar-refractivity contribution < 1.29 is 42.4 Å². The zero-order valence-electron chi connectivity index (χ0n) is 30.6. The number of nitrogens with one attached hydrogen (secondary N) is 2. The zero-order chi connectivity index (χ0) is 36.2. The number of thiazole rings is 1. The molecule has 3 rings (SSSR count). The van der Waals surface area contributed by atoms with Crippen LogP contribution < -0.4 is 10.6 Å². The molecule has 2 amide bonds. The van der Waals surface area contributed by atoms with Gasteiger partial charge in [0, 0.05) is 24.4 Å². The molecule has 0 unspecified atom stereocenters. The Morgan fingerprint density at radius 2 is 1.44 bits per heavy atom. The van der Waals surface area contributed by atoms with Crippen molar-refractivity contribution in [3.8, 4) is 0 Å². The Morgan fingerprint density at radius 1 is 0.860 bits per heavy atom. The first-order valence-corrected chi connectivity index (χ1v) is 19.1. The molecule has 1 aliphatic heterocycles. The lowest BCUT2D eigenvalue weighted by Crippen LogP contribution is -2.39.